The number of amides is 2. The Labute approximate surface area is 216 Å². The van der Waals surface area contributed by atoms with Gasteiger partial charge in [-0.1, -0.05) is 35.5 Å². The normalized spacial score (nSPS) is 15.0. The quantitative estimate of drug-likeness (QED) is 0.371. The average Bonchev–Trinajstić information content (AvgIpc) is 2.91. The number of carboxylic acids is 1. The molecule has 1 heterocycles. The van der Waals surface area contributed by atoms with Crippen LogP contribution in [0.25, 0.3) is 11.1 Å². The van der Waals surface area contributed by atoms with Gasteiger partial charge in [-0.3, -0.25) is 9.59 Å². The van der Waals surface area contributed by atoms with Crippen LogP contribution in [0.15, 0.2) is 47.6 Å². The van der Waals surface area contributed by atoms with Crippen molar-refractivity contribution in [3.8, 4) is 22.6 Å². The third-order valence-electron chi connectivity index (χ3n) is 6.46. The fourth-order valence-electron chi connectivity index (χ4n) is 4.48. The molecule has 3 rings (SSSR count). The van der Waals surface area contributed by atoms with Gasteiger partial charge in [-0.2, -0.15) is 0 Å². The number of methoxy groups -OCH3 is 2. The smallest absolute Gasteiger partial charge is 0.326 e. The van der Waals surface area contributed by atoms with Crippen LogP contribution in [0.5, 0.6) is 11.5 Å². The van der Waals surface area contributed by atoms with Crippen LogP contribution in [0.1, 0.15) is 25.3 Å². The van der Waals surface area contributed by atoms with E-state index >= 15 is 0 Å². The van der Waals surface area contributed by atoms with Crippen LogP contribution in [-0.2, 0) is 25.6 Å². The second-order valence-corrected chi connectivity index (χ2v) is 8.74. The Hall–Kier alpha value is -4.08. The van der Waals surface area contributed by atoms with Crippen molar-refractivity contribution in [1.82, 2.24) is 10.2 Å². The molecule has 10 nitrogen and oxygen atoms in total. The third kappa shape index (κ3) is 6.78. The van der Waals surface area contributed by atoms with Crippen LogP contribution < -0.4 is 14.8 Å². The summed E-state index contributed by atoms with van der Waals surface area (Å²) in [6.45, 7) is 2.51. The van der Waals surface area contributed by atoms with E-state index in [0.29, 0.717) is 37.4 Å². The molecule has 0 bridgehead atoms. The molecule has 2 amide bonds. The summed E-state index contributed by atoms with van der Waals surface area (Å²) in [5.41, 5.74) is 2.50. The first-order chi connectivity index (χ1) is 17.8. The van der Waals surface area contributed by atoms with Crippen molar-refractivity contribution in [3.63, 3.8) is 0 Å². The lowest BCUT2D eigenvalue weighted by Gasteiger charge is -2.31. The predicted octanol–water partition coefficient (Wildman–Crippen LogP) is 2.74. The first-order valence-corrected chi connectivity index (χ1v) is 12.0. The molecule has 37 heavy (non-hydrogen) atoms. The maximum atomic E-state index is 13.0. The number of carboxylic acid groups (broad SMARTS) is 1. The molecular formula is C27H33N3O7. The molecule has 2 N–H and O–H groups in total. The molecule has 1 aliphatic rings. The first-order valence-electron chi connectivity index (χ1n) is 12.0. The van der Waals surface area contributed by atoms with Crippen molar-refractivity contribution in [2.45, 2.75) is 32.2 Å². The summed E-state index contributed by atoms with van der Waals surface area (Å²) >= 11 is 0. The number of nitrogens with one attached hydrogen (secondary N) is 1. The molecule has 0 saturated carbocycles. The molecule has 0 aliphatic carbocycles. The Morgan fingerprint density at radius 2 is 1.62 bits per heavy atom. The minimum atomic E-state index is -1.17. The topological polar surface area (TPSA) is 127 Å². The number of likely N-dealkylation sites (tertiary alicyclic amines) is 1. The first kappa shape index (κ1) is 27.5. The monoisotopic (exact) mass is 511 g/mol. The standard InChI is InChI=1S/C27H33N3O7/c1-17(31)30-14-12-20(13-15-30)25(29-37-4)26(32)28-21(27(33)34)16-18-8-10-19(11-9-18)24-22(35-2)6-5-7-23(24)36-3/h5-11,20-21H,12-16H2,1-4H3,(H,28,32)(H,33,34)/t21-/m0/s1. The summed E-state index contributed by atoms with van der Waals surface area (Å²) < 4.78 is 11.0. The fourth-order valence-corrected chi connectivity index (χ4v) is 4.48. The summed E-state index contributed by atoms with van der Waals surface area (Å²) in [7, 11) is 4.51. The maximum Gasteiger partial charge on any atom is 0.326 e. The van der Waals surface area contributed by atoms with Crippen LogP contribution in [-0.4, -0.2) is 74.0 Å². The van der Waals surface area contributed by atoms with Crippen LogP contribution in [0.3, 0.4) is 0 Å². The van der Waals surface area contributed by atoms with Crippen LogP contribution in [0.4, 0.5) is 0 Å². The number of benzene rings is 2. The third-order valence-corrected chi connectivity index (χ3v) is 6.46. The van der Waals surface area contributed by atoms with Gasteiger partial charge in [0.05, 0.1) is 19.8 Å². The zero-order valence-corrected chi connectivity index (χ0v) is 21.5. The minimum Gasteiger partial charge on any atom is -0.496 e. The lowest BCUT2D eigenvalue weighted by Crippen LogP contribution is -2.48. The summed E-state index contributed by atoms with van der Waals surface area (Å²) in [4.78, 5) is 43.3. The molecule has 0 unspecified atom stereocenters. The van der Waals surface area contributed by atoms with Gasteiger partial charge in [0, 0.05) is 32.4 Å². The maximum absolute atomic E-state index is 13.0. The van der Waals surface area contributed by atoms with E-state index in [1.54, 1.807) is 19.1 Å². The van der Waals surface area contributed by atoms with E-state index in [2.05, 4.69) is 10.5 Å². The summed E-state index contributed by atoms with van der Waals surface area (Å²) in [5.74, 6) is -0.698. The van der Waals surface area contributed by atoms with E-state index in [0.717, 1.165) is 16.7 Å². The fraction of sp³-hybridized carbons (Fsp3) is 0.407. The van der Waals surface area contributed by atoms with Gasteiger partial charge in [-0.15, -0.1) is 0 Å². The zero-order chi connectivity index (χ0) is 26.9. The molecule has 1 aliphatic heterocycles. The highest BCUT2D eigenvalue weighted by Crippen LogP contribution is 2.38. The summed E-state index contributed by atoms with van der Waals surface area (Å²) in [5, 5.41) is 16.3. The highest BCUT2D eigenvalue weighted by atomic mass is 16.6. The van der Waals surface area contributed by atoms with Gasteiger partial charge < -0.3 is 29.6 Å². The van der Waals surface area contributed by atoms with Crippen LogP contribution in [0.2, 0.25) is 0 Å². The van der Waals surface area contributed by atoms with Gasteiger partial charge >= 0.3 is 5.97 Å². The highest BCUT2D eigenvalue weighted by Gasteiger charge is 2.31. The van der Waals surface area contributed by atoms with Gasteiger partial charge in [-0.05, 0) is 36.1 Å². The number of carbonyl (C=O) groups excluding carboxylic acids is 2. The zero-order valence-electron chi connectivity index (χ0n) is 21.5. The summed E-state index contributed by atoms with van der Waals surface area (Å²) in [6, 6.07) is 11.7. The van der Waals surface area contributed by atoms with Crippen LogP contribution >= 0.6 is 0 Å². The predicted molar refractivity (Wildman–Crippen MR) is 138 cm³/mol. The minimum absolute atomic E-state index is 0.0192. The number of nitrogens with zero attached hydrogens (tertiary/aromatic N) is 2. The van der Waals surface area contributed by atoms with Crippen molar-refractivity contribution < 1.29 is 33.8 Å². The van der Waals surface area contributed by atoms with E-state index in [1.165, 1.54) is 14.0 Å². The number of piperidine rings is 1. The Morgan fingerprint density at radius 1 is 1.03 bits per heavy atom. The van der Waals surface area contributed by atoms with E-state index in [9.17, 15) is 19.5 Å². The molecule has 1 fully saturated rings. The van der Waals surface area contributed by atoms with Gasteiger partial charge in [0.15, 0.2) is 0 Å². The number of oxime groups is 1. The van der Waals surface area contributed by atoms with Crippen molar-refractivity contribution >= 4 is 23.5 Å². The Morgan fingerprint density at radius 3 is 2.11 bits per heavy atom. The van der Waals surface area contributed by atoms with Gasteiger partial charge in [-0.25, -0.2) is 4.79 Å². The number of ether oxygens (including phenoxy) is 2. The SMILES string of the molecule is CON=C(C(=O)N[C@@H](Cc1ccc(-c2c(OC)cccc2OC)cc1)C(=O)O)C1CCN(C(C)=O)CC1. The molecule has 1 atom stereocenters. The molecule has 198 valence electrons. The molecule has 0 aromatic heterocycles. The molecule has 10 heteroatoms. The van der Waals surface area contributed by atoms with Crippen LogP contribution in [0, 0.1) is 5.92 Å². The van der Waals surface area contributed by atoms with Gasteiger partial charge in [0.2, 0.25) is 5.91 Å². The van der Waals surface area contributed by atoms with Gasteiger partial charge in [0.25, 0.3) is 5.91 Å². The number of rotatable bonds is 10. The summed E-state index contributed by atoms with van der Waals surface area (Å²) in [6.07, 6.45) is 1.16. The van der Waals surface area contributed by atoms with Crippen molar-refractivity contribution in [2.75, 3.05) is 34.4 Å². The van der Waals surface area contributed by atoms with Gasteiger partial charge in [0.1, 0.15) is 30.4 Å². The Bertz CT molecular complexity index is 1120. The second-order valence-electron chi connectivity index (χ2n) is 8.74. The lowest BCUT2D eigenvalue weighted by atomic mass is 9.91. The van der Waals surface area contributed by atoms with Crippen molar-refractivity contribution in [3.05, 3.63) is 48.0 Å². The molecule has 2 aromatic rings. The number of hydrogen-bond donors (Lipinski definition) is 2. The number of hydrogen-bond acceptors (Lipinski definition) is 7. The van der Waals surface area contributed by atoms with E-state index in [1.807, 2.05) is 42.5 Å². The average molecular weight is 512 g/mol. The number of aliphatic carboxylic acids is 1. The molecule has 0 spiro atoms. The van der Waals surface area contributed by atoms with Crippen molar-refractivity contribution in [1.29, 1.82) is 0 Å². The number of carbonyl (C=O) groups is 3. The molecule has 2 aromatic carbocycles. The molecular weight excluding hydrogens is 478 g/mol. The highest BCUT2D eigenvalue weighted by molar-refractivity contribution is 6.39. The lowest BCUT2D eigenvalue weighted by molar-refractivity contribution is -0.141. The Balaban J connectivity index is 1.73. The van der Waals surface area contributed by atoms with E-state index < -0.39 is 17.9 Å². The molecule has 0 radical (unpaired) electrons. The molecule has 1 saturated heterocycles. The van der Waals surface area contributed by atoms with E-state index in [4.69, 9.17) is 14.3 Å². The largest absolute Gasteiger partial charge is 0.496 e. The Kier molecular flexibility index (Phi) is 9.48. The van der Waals surface area contributed by atoms with Crippen molar-refractivity contribution in [2.24, 2.45) is 11.1 Å². The van der Waals surface area contributed by atoms with E-state index in [-0.39, 0.29) is 24.0 Å². The second kappa shape index (κ2) is 12.8.